The van der Waals surface area contributed by atoms with Crippen LogP contribution in [0.3, 0.4) is 0 Å². The molecule has 1 saturated heterocycles. The van der Waals surface area contributed by atoms with Crippen molar-refractivity contribution in [2.45, 2.75) is 50.1 Å². The lowest BCUT2D eigenvalue weighted by molar-refractivity contribution is -0.128. The summed E-state index contributed by atoms with van der Waals surface area (Å²) in [6.45, 7) is 0.555. The number of benzene rings is 3. The third kappa shape index (κ3) is 6.05. The fourth-order valence-corrected chi connectivity index (χ4v) is 6.16. The van der Waals surface area contributed by atoms with E-state index in [1.54, 1.807) is 36.0 Å². The molecule has 1 aliphatic heterocycles. The van der Waals surface area contributed by atoms with Crippen molar-refractivity contribution in [1.29, 1.82) is 0 Å². The number of hydrogen-bond donors (Lipinski definition) is 2. The van der Waals surface area contributed by atoms with E-state index in [0.29, 0.717) is 29.1 Å². The maximum atomic E-state index is 13.1. The number of anilines is 1. The number of rotatable bonds is 7. The van der Waals surface area contributed by atoms with Gasteiger partial charge in [-0.3, -0.25) is 14.4 Å². The van der Waals surface area contributed by atoms with Gasteiger partial charge in [0.05, 0.1) is 17.0 Å². The molecule has 37 heavy (non-hydrogen) atoms. The van der Waals surface area contributed by atoms with Crippen molar-refractivity contribution in [1.82, 2.24) is 10.2 Å². The first-order chi connectivity index (χ1) is 18.1. The maximum absolute atomic E-state index is 13.1. The van der Waals surface area contributed by atoms with Crippen LogP contribution < -0.4 is 10.6 Å². The topological polar surface area (TPSA) is 78.5 Å². The Morgan fingerprint density at radius 2 is 1.54 bits per heavy atom. The van der Waals surface area contributed by atoms with Crippen molar-refractivity contribution < 1.29 is 14.4 Å². The molecule has 0 spiro atoms. The Balaban J connectivity index is 1.26. The first-order valence-electron chi connectivity index (χ1n) is 12.8. The molecule has 6 nitrogen and oxygen atoms in total. The highest BCUT2D eigenvalue weighted by molar-refractivity contribution is 8.00. The van der Waals surface area contributed by atoms with Gasteiger partial charge in [-0.05, 0) is 48.2 Å². The van der Waals surface area contributed by atoms with Crippen LogP contribution in [-0.4, -0.2) is 34.4 Å². The zero-order chi connectivity index (χ0) is 25.6. The molecule has 1 aliphatic carbocycles. The van der Waals surface area contributed by atoms with E-state index in [0.717, 1.165) is 36.8 Å². The van der Waals surface area contributed by atoms with Gasteiger partial charge in [0.15, 0.2) is 0 Å². The lowest BCUT2D eigenvalue weighted by Gasteiger charge is -2.24. The standard InChI is InChI=1S/C30H31N3O3S/c34-27-20-37-30(33(27)19-21-9-3-1-4-10-21)23-17-15-22(16-18-23)28(35)32-26-14-8-7-13-25(26)29(36)31-24-11-5-2-6-12-24/h1,3-4,7-10,13-18,24,30H,2,5-6,11-12,19-20H2,(H,31,36)(H,32,35)/t30-/m0/s1. The monoisotopic (exact) mass is 513 g/mol. The maximum Gasteiger partial charge on any atom is 0.255 e. The van der Waals surface area contributed by atoms with E-state index < -0.39 is 0 Å². The number of hydrogen-bond acceptors (Lipinski definition) is 4. The highest BCUT2D eigenvalue weighted by atomic mass is 32.2. The quantitative estimate of drug-likeness (QED) is 0.420. The van der Waals surface area contributed by atoms with E-state index >= 15 is 0 Å². The average molecular weight is 514 g/mol. The number of carbonyl (C=O) groups is 3. The second-order valence-corrected chi connectivity index (χ2v) is 10.7. The van der Waals surface area contributed by atoms with Gasteiger partial charge in [0.2, 0.25) is 5.91 Å². The third-order valence-electron chi connectivity index (χ3n) is 6.98. The summed E-state index contributed by atoms with van der Waals surface area (Å²) in [5.74, 6) is 0.128. The predicted octanol–water partition coefficient (Wildman–Crippen LogP) is 5.78. The summed E-state index contributed by atoms with van der Waals surface area (Å²) < 4.78 is 0. The molecule has 0 aromatic heterocycles. The van der Waals surface area contributed by atoms with E-state index in [-0.39, 0.29) is 29.1 Å². The van der Waals surface area contributed by atoms with Crippen LogP contribution in [-0.2, 0) is 11.3 Å². The van der Waals surface area contributed by atoms with E-state index in [4.69, 9.17) is 0 Å². The molecule has 0 bridgehead atoms. The van der Waals surface area contributed by atoms with Crippen molar-refractivity contribution in [2.75, 3.05) is 11.1 Å². The third-order valence-corrected chi connectivity index (χ3v) is 8.24. The lowest BCUT2D eigenvalue weighted by atomic mass is 9.95. The minimum Gasteiger partial charge on any atom is -0.349 e. The summed E-state index contributed by atoms with van der Waals surface area (Å²) in [5.41, 5.74) is 3.53. The molecule has 2 aliphatic rings. The van der Waals surface area contributed by atoms with Crippen LogP contribution in [0.15, 0.2) is 78.9 Å². The van der Waals surface area contributed by atoms with Crippen LogP contribution in [0.2, 0.25) is 0 Å². The largest absolute Gasteiger partial charge is 0.349 e. The Kier molecular flexibility index (Phi) is 7.90. The molecular weight excluding hydrogens is 482 g/mol. The molecule has 7 heteroatoms. The first-order valence-corrected chi connectivity index (χ1v) is 13.9. The number of nitrogens with one attached hydrogen (secondary N) is 2. The number of nitrogens with zero attached hydrogens (tertiary/aromatic N) is 1. The van der Waals surface area contributed by atoms with Crippen molar-refractivity contribution in [2.24, 2.45) is 0 Å². The minimum absolute atomic E-state index is 0.0889. The number of para-hydroxylation sites is 1. The van der Waals surface area contributed by atoms with E-state index in [1.165, 1.54) is 6.42 Å². The average Bonchev–Trinajstić information content (AvgIpc) is 3.29. The SMILES string of the molecule is O=C(Nc1ccccc1C(=O)NC1CCCCC1)c1ccc([C@@H]2SCC(=O)N2Cc2ccccc2)cc1. The van der Waals surface area contributed by atoms with E-state index in [1.807, 2.05) is 59.5 Å². The highest BCUT2D eigenvalue weighted by Gasteiger charge is 2.32. The van der Waals surface area contributed by atoms with E-state index in [9.17, 15) is 14.4 Å². The molecule has 5 rings (SSSR count). The van der Waals surface area contributed by atoms with Gasteiger partial charge in [0, 0.05) is 18.2 Å². The zero-order valence-electron chi connectivity index (χ0n) is 20.7. The second-order valence-electron chi connectivity index (χ2n) is 9.60. The van der Waals surface area contributed by atoms with Crippen LogP contribution in [0.25, 0.3) is 0 Å². The summed E-state index contributed by atoms with van der Waals surface area (Å²) in [6, 6.07) is 24.6. The minimum atomic E-state index is -0.277. The molecule has 2 fully saturated rings. The fraction of sp³-hybridized carbons (Fsp3) is 0.300. The summed E-state index contributed by atoms with van der Waals surface area (Å²) in [4.78, 5) is 40.4. The van der Waals surface area contributed by atoms with Crippen LogP contribution in [0.1, 0.15) is 69.3 Å². The Morgan fingerprint density at radius 1 is 0.838 bits per heavy atom. The van der Waals surface area contributed by atoms with Gasteiger partial charge >= 0.3 is 0 Å². The number of carbonyl (C=O) groups excluding carboxylic acids is 3. The van der Waals surface area contributed by atoms with Gasteiger partial charge in [-0.2, -0.15) is 0 Å². The first kappa shape index (κ1) is 25.1. The Hall–Kier alpha value is -3.58. The van der Waals surface area contributed by atoms with Crippen molar-refractivity contribution >= 4 is 35.2 Å². The Morgan fingerprint density at radius 3 is 2.30 bits per heavy atom. The second kappa shape index (κ2) is 11.6. The molecule has 190 valence electrons. The molecule has 3 amide bonds. The van der Waals surface area contributed by atoms with Gasteiger partial charge in [-0.15, -0.1) is 11.8 Å². The molecule has 1 saturated carbocycles. The van der Waals surface area contributed by atoms with Crippen LogP contribution in [0.4, 0.5) is 5.69 Å². The molecule has 1 heterocycles. The van der Waals surface area contributed by atoms with Gasteiger partial charge in [-0.1, -0.05) is 73.9 Å². The van der Waals surface area contributed by atoms with Crippen molar-refractivity contribution in [3.05, 3.63) is 101 Å². The smallest absolute Gasteiger partial charge is 0.255 e. The number of amides is 3. The van der Waals surface area contributed by atoms with Crippen molar-refractivity contribution in [3.8, 4) is 0 Å². The van der Waals surface area contributed by atoms with Crippen LogP contribution in [0.5, 0.6) is 0 Å². The zero-order valence-corrected chi connectivity index (χ0v) is 21.5. The van der Waals surface area contributed by atoms with E-state index in [2.05, 4.69) is 10.6 Å². The number of thioether (sulfide) groups is 1. The van der Waals surface area contributed by atoms with Gasteiger partial charge in [-0.25, -0.2) is 0 Å². The molecule has 3 aromatic carbocycles. The fourth-order valence-electron chi connectivity index (χ4n) is 4.98. The van der Waals surface area contributed by atoms with Gasteiger partial charge in [0.1, 0.15) is 5.37 Å². The molecule has 1 atom stereocenters. The normalized spacial score (nSPS) is 18.0. The van der Waals surface area contributed by atoms with Crippen LogP contribution >= 0.6 is 11.8 Å². The predicted molar refractivity (Wildman–Crippen MR) is 147 cm³/mol. The summed E-state index contributed by atoms with van der Waals surface area (Å²) in [5, 5.41) is 5.95. The van der Waals surface area contributed by atoms with Gasteiger partial charge < -0.3 is 15.5 Å². The summed E-state index contributed by atoms with van der Waals surface area (Å²) in [7, 11) is 0. The summed E-state index contributed by atoms with van der Waals surface area (Å²) in [6.07, 6.45) is 5.49. The Labute approximate surface area is 221 Å². The highest BCUT2D eigenvalue weighted by Crippen LogP contribution is 2.39. The van der Waals surface area contributed by atoms with Gasteiger partial charge in [0.25, 0.3) is 11.8 Å². The molecule has 3 aromatic rings. The summed E-state index contributed by atoms with van der Waals surface area (Å²) >= 11 is 1.60. The molecule has 2 N–H and O–H groups in total. The molecule has 0 unspecified atom stereocenters. The Bertz CT molecular complexity index is 1260. The molecule has 0 radical (unpaired) electrons. The molecular formula is C30H31N3O3S. The van der Waals surface area contributed by atoms with Crippen molar-refractivity contribution in [3.63, 3.8) is 0 Å². The lowest BCUT2D eigenvalue weighted by Crippen LogP contribution is -2.36. The van der Waals surface area contributed by atoms with Crippen LogP contribution in [0, 0.1) is 0 Å².